The number of halogens is 1. The number of fused-ring (bicyclic) bond motifs is 1. The fourth-order valence-corrected chi connectivity index (χ4v) is 5.39. The minimum absolute atomic E-state index is 0.0774. The van der Waals surface area contributed by atoms with Crippen LogP contribution >= 0.6 is 11.6 Å². The number of hydrogen-bond donors (Lipinski definition) is 1. The number of likely N-dealkylation sites (N-methyl/N-ethyl adjacent to an activating group) is 2. The van der Waals surface area contributed by atoms with Crippen molar-refractivity contribution < 1.29 is 18.0 Å². The lowest BCUT2D eigenvalue weighted by Gasteiger charge is -2.30. The van der Waals surface area contributed by atoms with Gasteiger partial charge in [0.05, 0.1) is 4.90 Å². The van der Waals surface area contributed by atoms with Crippen molar-refractivity contribution in [3.05, 3.63) is 41.4 Å². The first-order chi connectivity index (χ1) is 15.5. The number of hydrogen-bond acceptors (Lipinski definition) is 5. The summed E-state index contributed by atoms with van der Waals surface area (Å²) < 4.78 is 28.5. The molecule has 0 radical (unpaired) electrons. The number of nitrogens with zero attached hydrogens (tertiary/aromatic N) is 3. The maximum absolute atomic E-state index is 13.0. The summed E-state index contributed by atoms with van der Waals surface area (Å²) in [5, 5.41) is 2.13. The molecule has 0 spiro atoms. The summed E-state index contributed by atoms with van der Waals surface area (Å²) in [5.41, 5.74) is 0. The lowest BCUT2D eigenvalue weighted by Crippen LogP contribution is -2.51. The first kappa shape index (κ1) is 25.4. The van der Waals surface area contributed by atoms with E-state index in [9.17, 15) is 18.0 Å². The zero-order chi connectivity index (χ0) is 24.3. The van der Waals surface area contributed by atoms with Crippen molar-refractivity contribution in [2.24, 2.45) is 0 Å². The summed E-state index contributed by atoms with van der Waals surface area (Å²) in [6.45, 7) is 5.76. The van der Waals surface area contributed by atoms with E-state index in [1.165, 1.54) is 11.0 Å². The zero-order valence-corrected chi connectivity index (χ0v) is 21.0. The van der Waals surface area contributed by atoms with E-state index >= 15 is 0 Å². The maximum Gasteiger partial charge on any atom is 0.245 e. The standard InChI is InChI=1S/C23H31ClN4O4S/c1-5-27(13-12-26(3)4)22(29)16(2)28-11-10-21(23(28)30)25-33(31,32)20-9-7-17-14-19(24)8-6-18(17)15-20/h6-9,14-16,21,25H,5,10-13H2,1-4H3/t16-,21-/m0/s1. The van der Waals surface area contributed by atoms with Gasteiger partial charge in [0.15, 0.2) is 0 Å². The van der Waals surface area contributed by atoms with Crippen molar-refractivity contribution in [3.63, 3.8) is 0 Å². The molecule has 1 aliphatic rings. The Morgan fingerprint density at radius 2 is 1.85 bits per heavy atom. The smallest absolute Gasteiger partial charge is 0.245 e. The van der Waals surface area contributed by atoms with Crippen LogP contribution in [0.5, 0.6) is 0 Å². The molecule has 180 valence electrons. The molecule has 1 aliphatic heterocycles. The van der Waals surface area contributed by atoms with Gasteiger partial charge in [0.1, 0.15) is 12.1 Å². The van der Waals surface area contributed by atoms with Gasteiger partial charge >= 0.3 is 0 Å². The van der Waals surface area contributed by atoms with Crippen LogP contribution < -0.4 is 4.72 Å². The van der Waals surface area contributed by atoms with Crippen LogP contribution in [0.3, 0.4) is 0 Å². The number of carbonyl (C=O) groups is 2. The molecule has 2 atom stereocenters. The fourth-order valence-electron chi connectivity index (χ4n) is 3.96. The highest BCUT2D eigenvalue weighted by Crippen LogP contribution is 2.24. The number of amides is 2. The summed E-state index contributed by atoms with van der Waals surface area (Å²) in [5.74, 6) is -0.514. The zero-order valence-electron chi connectivity index (χ0n) is 19.4. The van der Waals surface area contributed by atoms with E-state index in [2.05, 4.69) is 4.72 Å². The molecular formula is C23H31ClN4O4S. The Bertz CT molecular complexity index is 1140. The van der Waals surface area contributed by atoms with Gasteiger partial charge in [0, 0.05) is 31.2 Å². The molecule has 2 amide bonds. The third-order valence-electron chi connectivity index (χ3n) is 5.96. The molecule has 2 aromatic rings. The van der Waals surface area contributed by atoms with Crippen LogP contribution in [0.25, 0.3) is 10.8 Å². The average Bonchev–Trinajstić information content (AvgIpc) is 3.12. The SMILES string of the molecule is CCN(CCN(C)C)C(=O)[C@H](C)N1CC[C@H](NS(=O)(=O)c2ccc3cc(Cl)ccc3c2)C1=O. The van der Waals surface area contributed by atoms with E-state index in [0.29, 0.717) is 31.1 Å². The van der Waals surface area contributed by atoms with E-state index in [0.717, 1.165) is 17.3 Å². The number of rotatable bonds is 9. The molecule has 0 aliphatic carbocycles. The molecule has 0 saturated carbocycles. The van der Waals surface area contributed by atoms with Crippen molar-refractivity contribution in [3.8, 4) is 0 Å². The second kappa shape index (κ2) is 10.4. The van der Waals surface area contributed by atoms with E-state index in [4.69, 9.17) is 11.6 Å². The van der Waals surface area contributed by atoms with Gasteiger partial charge < -0.3 is 14.7 Å². The Labute approximate surface area is 200 Å². The van der Waals surface area contributed by atoms with Crippen molar-refractivity contribution in [2.45, 2.75) is 37.2 Å². The first-order valence-corrected chi connectivity index (χ1v) is 12.8. The third-order valence-corrected chi connectivity index (χ3v) is 7.66. The molecule has 1 heterocycles. The predicted molar refractivity (Wildman–Crippen MR) is 130 cm³/mol. The second-order valence-electron chi connectivity index (χ2n) is 8.54. The van der Waals surface area contributed by atoms with E-state index in [-0.39, 0.29) is 16.7 Å². The number of benzene rings is 2. The highest BCUT2D eigenvalue weighted by atomic mass is 35.5. The molecule has 1 saturated heterocycles. The largest absolute Gasteiger partial charge is 0.340 e. The minimum Gasteiger partial charge on any atom is -0.340 e. The number of sulfonamides is 1. The van der Waals surface area contributed by atoms with Gasteiger partial charge in [0.2, 0.25) is 21.8 Å². The van der Waals surface area contributed by atoms with Crippen LogP contribution in [-0.2, 0) is 19.6 Å². The monoisotopic (exact) mass is 494 g/mol. The van der Waals surface area contributed by atoms with Gasteiger partial charge in [-0.1, -0.05) is 23.7 Å². The maximum atomic E-state index is 13.0. The Morgan fingerprint density at radius 3 is 2.52 bits per heavy atom. The normalized spacial score (nSPS) is 17.7. The molecule has 0 unspecified atom stereocenters. The fraction of sp³-hybridized carbons (Fsp3) is 0.478. The average molecular weight is 495 g/mol. The molecular weight excluding hydrogens is 464 g/mol. The first-order valence-electron chi connectivity index (χ1n) is 11.0. The van der Waals surface area contributed by atoms with Crippen LogP contribution in [0.15, 0.2) is 41.3 Å². The van der Waals surface area contributed by atoms with E-state index < -0.39 is 22.1 Å². The van der Waals surface area contributed by atoms with Gasteiger partial charge in [0.25, 0.3) is 0 Å². The predicted octanol–water partition coefficient (Wildman–Crippen LogP) is 2.17. The summed E-state index contributed by atoms with van der Waals surface area (Å²) in [6.07, 6.45) is 0.308. The molecule has 33 heavy (non-hydrogen) atoms. The number of likely N-dealkylation sites (tertiary alicyclic amines) is 1. The van der Waals surface area contributed by atoms with Crippen LogP contribution in [0.4, 0.5) is 0 Å². The highest BCUT2D eigenvalue weighted by molar-refractivity contribution is 7.89. The van der Waals surface area contributed by atoms with Crippen molar-refractivity contribution in [1.29, 1.82) is 0 Å². The minimum atomic E-state index is -3.92. The molecule has 1 fully saturated rings. The van der Waals surface area contributed by atoms with Crippen molar-refractivity contribution >= 4 is 44.2 Å². The van der Waals surface area contributed by atoms with Gasteiger partial charge in [-0.2, -0.15) is 4.72 Å². The van der Waals surface area contributed by atoms with Crippen LogP contribution in [-0.4, -0.2) is 87.3 Å². The number of nitrogens with one attached hydrogen (secondary N) is 1. The van der Waals surface area contributed by atoms with Gasteiger partial charge in [-0.25, -0.2) is 8.42 Å². The lowest BCUT2D eigenvalue weighted by atomic mass is 10.1. The van der Waals surface area contributed by atoms with Gasteiger partial charge in [-0.15, -0.1) is 0 Å². The second-order valence-corrected chi connectivity index (χ2v) is 10.7. The van der Waals surface area contributed by atoms with Crippen LogP contribution in [0, 0.1) is 0 Å². The van der Waals surface area contributed by atoms with E-state index in [1.807, 2.05) is 25.9 Å². The van der Waals surface area contributed by atoms with Crippen molar-refractivity contribution in [2.75, 3.05) is 40.3 Å². The topological polar surface area (TPSA) is 90.0 Å². The highest BCUT2D eigenvalue weighted by Gasteiger charge is 2.39. The van der Waals surface area contributed by atoms with Crippen LogP contribution in [0.2, 0.25) is 5.02 Å². The van der Waals surface area contributed by atoms with E-state index in [1.54, 1.807) is 42.2 Å². The number of carbonyl (C=O) groups excluding carboxylic acids is 2. The summed E-state index contributed by atoms with van der Waals surface area (Å²) in [4.78, 5) is 31.2. The summed E-state index contributed by atoms with van der Waals surface area (Å²) >= 11 is 6.00. The Kier molecular flexibility index (Phi) is 8.00. The Hall–Kier alpha value is -2.20. The van der Waals surface area contributed by atoms with Gasteiger partial charge in [-0.3, -0.25) is 9.59 Å². The Morgan fingerprint density at radius 1 is 1.18 bits per heavy atom. The lowest BCUT2D eigenvalue weighted by molar-refractivity contribution is -0.143. The quantitative estimate of drug-likeness (QED) is 0.577. The summed E-state index contributed by atoms with van der Waals surface area (Å²) in [6, 6.07) is 8.39. The van der Waals surface area contributed by atoms with Gasteiger partial charge in [-0.05, 0) is 69.4 Å². The van der Waals surface area contributed by atoms with Crippen LogP contribution in [0.1, 0.15) is 20.3 Å². The molecule has 1 N–H and O–H groups in total. The Balaban J connectivity index is 1.70. The molecule has 2 aromatic carbocycles. The molecule has 0 bridgehead atoms. The molecule has 0 aromatic heterocycles. The molecule has 3 rings (SSSR count). The molecule has 10 heteroatoms. The molecule has 8 nitrogen and oxygen atoms in total. The third kappa shape index (κ3) is 5.84. The summed E-state index contributed by atoms with van der Waals surface area (Å²) in [7, 11) is -0.0428. The van der Waals surface area contributed by atoms with Crippen molar-refractivity contribution in [1.82, 2.24) is 19.4 Å².